The van der Waals surface area contributed by atoms with Crippen molar-refractivity contribution in [2.45, 2.75) is 4.90 Å². The molecule has 0 aliphatic rings. The molecule has 0 aromatic heterocycles. The largest absolute Gasteiger partial charge is 0.497 e. The lowest BCUT2D eigenvalue weighted by molar-refractivity contribution is -0.384. The van der Waals surface area contributed by atoms with Crippen LogP contribution in [0.1, 0.15) is 5.56 Å². The van der Waals surface area contributed by atoms with Crippen molar-refractivity contribution in [2.75, 3.05) is 31.5 Å². The number of ether oxygens (including phenoxy) is 3. The van der Waals surface area contributed by atoms with Gasteiger partial charge in [-0.1, -0.05) is 6.07 Å². The number of nitrogens with zero attached hydrogens (tertiary/aromatic N) is 2. The van der Waals surface area contributed by atoms with Crippen LogP contribution in [-0.2, 0) is 10.0 Å². The Bertz CT molecular complexity index is 1310. The van der Waals surface area contributed by atoms with Crippen LogP contribution in [0.4, 0.5) is 17.1 Å². The smallest absolute Gasteiger partial charge is 0.295 e. The number of para-hydroxylation sites is 1. The molecule has 0 aliphatic heterocycles. The van der Waals surface area contributed by atoms with E-state index in [9.17, 15) is 18.5 Å². The second-order valence-electron chi connectivity index (χ2n) is 6.72. The molecule has 3 rings (SSSR count). The van der Waals surface area contributed by atoms with Gasteiger partial charge in [-0.2, -0.15) is 5.10 Å². The maximum absolute atomic E-state index is 12.7. The van der Waals surface area contributed by atoms with Crippen molar-refractivity contribution >= 4 is 33.3 Å². The van der Waals surface area contributed by atoms with Gasteiger partial charge in [0.25, 0.3) is 15.7 Å². The Morgan fingerprint density at radius 3 is 2.32 bits per heavy atom. The van der Waals surface area contributed by atoms with Gasteiger partial charge in [-0.15, -0.1) is 0 Å². The van der Waals surface area contributed by atoms with Gasteiger partial charge < -0.3 is 14.2 Å². The van der Waals surface area contributed by atoms with Crippen LogP contribution in [0.5, 0.6) is 17.2 Å². The fraction of sp³-hybridized carbons (Fsp3) is 0.136. The lowest BCUT2D eigenvalue weighted by Crippen LogP contribution is -2.13. The van der Waals surface area contributed by atoms with Gasteiger partial charge in [0.2, 0.25) is 0 Å². The Balaban J connectivity index is 1.84. The maximum Gasteiger partial charge on any atom is 0.295 e. The fourth-order valence-corrected chi connectivity index (χ4v) is 4.06. The van der Waals surface area contributed by atoms with Crippen LogP contribution < -0.4 is 24.4 Å². The molecule has 0 fully saturated rings. The molecule has 0 atom stereocenters. The van der Waals surface area contributed by atoms with Gasteiger partial charge in [-0.3, -0.25) is 20.3 Å². The number of hydrogen-bond acceptors (Lipinski definition) is 9. The summed E-state index contributed by atoms with van der Waals surface area (Å²) in [6, 6.07) is 14.8. The third-order valence-corrected chi connectivity index (χ3v) is 6.02. The number of anilines is 2. The number of methoxy groups -OCH3 is 3. The van der Waals surface area contributed by atoms with E-state index in [0.29, 0.717) is 22.8 Å². The van der Waals surface area contributed by atoms with E-state index >= 15 is 0 Å². The minimum absolute atomic E-state index is 0.00603. The Morgan fingerprint density at radius 1 is 0.971 bits per heavy atom. The number of nitro benzene ring substituents is 1. The van der Waals surface area contributed by atoms with Crippen molar-refractivity contribution in [1.82, 2.24) is 0 Å². The molecule has 0 spiro atoms. The first-order valence-electron chi connectivity index (χ1n) is 9.74. The summed E-state index contributed by atoms with van der Waals surface area (Å²) in [6.45, 7) is 0. The molecule has 0 radical (unpaired) electrons. The van der Waals surface area contributed by atoms with Crippen molar-refractivity contribution in [3.8, 4) is 17.2 Å². The third kappa shape index (κ3) is 5.53. The number of nitro groups is 1. The second kappa shape index (κ2) is 10.5. The number of nitrogens with one attached hydrogen (secondary N) is 2. The molecule has 0 saturated carbocycles. The summed E-state index contributed by atoms with van der Waals surface area (Å²) in [6.07, 6.45) is 1.40. The van der Waals surface area contributed by atoms with Crippen LogP contribution in [0, 0.1) is 10.1 Å². The number of rotatable bonds is 10. The normalized spacial score (nSPS) is 11.1. The monoisotopic (exact) mass is 486 g/mol. The molecular formula is C22H22N4O7S. The third-order valence-electron chi connectivity index (χ3n) is 4.64. The van der Waals surface area contributed by atoms with E-state index < -0.39 is 20.6 Å². The second-order valence-corrected chi connectivity index (χ2v) is 8.41. The van der Waals surface area contributed by atoms with Gasteiger partial charge in [0.05, 0.1) is 37.4 Å². The van der Waals surface area contributed by atoms with Crippen molar-refractivity contribution in [3.05, 3.63) is 76.3 Å². The van der Waals surface area contributed by atoms with Crippen molar-refractivity contribution in [3.63, 3.8) is 0 Å². The predicted octanol–water partition coefficient (Wildman–Crippen LogP) is 3.87. The fourth-order valence-electron chi connectivity index (χ4n) is 2.98. The van der Waals surface area contributed by atoms with Gasteiger partial charge in [0.1, 0.15) is 11.4 Å². The summed E-state index contributed by atoms with van der Waals surface area (Å²) in [4.78, 5) is 10.6. The summed E-state index contributed by atoms with van der Waals surface area (Å²) in [5, 5.41) is 15.6. The minimum atomic E-state index is -4.08. The van der Waals surface area contributed by atoms with E-state index in [0.717, 1.165) is 6.07 Å². The van der Waals surface area contributed by atoms with E-state index in [-0.39, 0.29) is 16.3 Å². The highest BCUT2D eigenvalue weighted by atomic mass is 32.2. The topological polar surface area (TPSA) is 141 Å². The number of hydrazone groups is 1. The van der Waals surface area contributed by atoms with Crippen LogP contribution in [0.15, 0.2) is 70.7 Å². The standard InChI is InChI=1S/C22H22N4O7S/c1-31-17-9-7-16(8-10-17)25-34(29,30)18-11-12-19(20(13-18)26(27)28)24-23-14-15-5-4-6-21(32-2)22(15)33-3/h4-14,24-25H,1-3H3/b23-14+. The van der Waals surface area contributed by atoms with E-state index in [1.807, 2.05) is 0 Å². The first-order chi connectivity index (χ1) is 16.3. The number of hydrogen-bond donors (Lipinski definition) is 2. The molecule has 3 aromatic rings. The molecule has 0 amide bonds. The van der Waals surface area contributed by atoms with E-state index in [4.69, 9.17) is 14.2 Å². The minimum Gasteiger partial charge on any atom is -0.497 e. The summed E-state index contributed by atoms with van der Waals surface area (Å²) in [5.74, 6) is 1.49. The number of benzene rings is 3. The number of sulfonamides is 1. The lowest BCUT2D eigenvalue weighted by atomic mass is 10.2. The highest BCUT2D eigenvalue weighted by molar-refractivity contribution is 7.92. The first kappa shape index (κ1) is 24.3. The van der Waals surface area contributed by atoms with Gasteiger partial charge in [0, 0.05) is 17.3 Å². The van der Waals surface area contributed by atoms with Crippen LogP contribution in [-0.4, -0.2) is 40.9 Å². The Morgan fingerprint density at radius 2 is 1.71 bits per heavy atom. The SMILES string of the molecule is COc1ccc(NS(=O)(=O)c2ccc(N/N=C/c3cccc(OC)c3OC)c([N+](=O)[O-])c2)cc1. The summed E-state index contributed by atoms with van der Waals surface area (Å²) >= 11 is 0. The average molecular weight is 487 g/mol. The molecule has 34 heavy (non-hydrogen) atoms. The summed E-state index contributed by atoms with van der Waals surface area (Å²) < 4.78 is 43.4. The summed E-state index contributed by atoms with van der Waals surface area (Å²) in [7, 11) is 0.392. The Labute approximate surface area is 196 Å². The first-order valence-corrected chi connectivity index (χ1v) is 11.2. The molecule has 178 valence electrons. The molecule has 2 N–H and O–H groups in total. The molecular weight excluding hydrogens is 464 g/mol. The molecule has 0 unspecified atom stereocenters. The van der Waals surface area contributed by atoms with Crippen LogP contribution >= 0.6 is 0 Å². The van der Waals surface area contributed by atoms with Crippen LogP contribution in [0.25, 0.3) is 0 Å². The lowest BCUT2D eigenvalue weighted by Gasteiger charge is -2.10. The highest BCUT2D eigenvalue weighted by Crippen LogP contribution is 2.31. The predicted molar refractivity (Wildman–Crippen MR) is 128 cm³/mol. The average Bonchev–Trinajstić information content (AvgIpc) is 2.84. The highest BCUT2D eigenvalue weighted by Gasteiger charge is 2.21. The van der Waals surface area contributed by atoms with Crippen molar-refractivity contribution in [1.29, 1.82) is 0 Å². The molecule has 12 heteroatoms. The Hall–Kier alpha value is -4.32. The molecule has 0 heterocycles. The quantitative estimate of drug-likeness (QED) is 0.250. The van der Waals surface area contributed by atoms with Gasteiger partial charge in [0.15, 0.2) is 11.5 Å². The summed E-state index contributed by atoms with van der Waals surface area (Å²) in [5.41, 5.74) is 2.97. The zero-order valence-electron chi connectivity index (χ0n) is 18.5. The zero-order valence-corrected chi connectivity index (χ0v) is 19.3. The Kier molecular flexibility index (Phi) is 7.53. The molecule has 0 saturated heterocycles. The van der Waals surface area contributed by atoms with E-state index in [1.165, 1.54) is 51.8 Å². The van der Waals surface area contributed by atoms with E-state index in [2.05, 4.69) is 15.2 Å². The van der Waals surface area contributed by atoms with Crippen LogP contribution in [0.2, 0.25) is 0 Å². The molecule has 3 aromatic carbocycles. The molecule has 0 bridgehead atoms. The molecule has 0 aliphatic carbocycles. The van der Waals surface area contributed by atoms with Crippen LogP contribution in [0.3, 0.4) is 0 Å². The maximum atomic E-state index is 12.7. The van der Waals surface area contributed by atoms with E-state index in [1.54, 1.807) is 30.3 Å². The van der Waals surface area contributed by atoms with Gasteiger partial charge in [-0.25, -0.2) is 8.42 Å². The van der Waals surface area contributed by atoms with Gasteiger partial charge in [-0.05, 0) is 48.5 Å². The zero-order chi connectivity index (χ0) is 24.7. The molecule has 11 nitrogen and oxygen atoms in total. The van der Waals surface area contributed by atoms with Gasteiger partial charge >= 0.3 is 0 Å². The van der Waals surface area contributed by atoms with Crippen molar-refractivity contribution < 1.29 is 27.6 Å². The van der Waals surface area contributed by atoms with Crippen molar-refractivity contribution in [2.24, 2.45) is 5.10 Å².